The Morgan fingerprint density at radius 3 is 2.85 bits per heavy atom. The van der Waals surface area contributed by atoms with Gasteiger partial charge in [-0.1, -0.05) is 12.1 Å². The molecule has 2 aliphatic heterocycles. The zero-order valence-electron chi connectivity index (χ0n) is 15.3. The van der Waals surface area contributed by atoms with Gasteiger partial charge in [0.1, 0.15) is 11.4 Å². The molecular weight excluding hydrogens is 330 g/mol. The van der Waals surface area contributed by atoms with Gasteiger partial charge in [0, 0.05) is 51.8 Å². The van der Waals surface area contributed by atoms with Crippen molar-refractivity contribution in [2.75, 3.05) is 44.7 Å². The van der Waals surface area contributed by atoms with E-state index in [9.17, 15) is 4.79 Å². The highest BCUT2D eigenvalue weighted by Crippen LogP contribution is 2.31. The molecule has 138 valence electrons. The molecular formula is C19H25N5O2. The molecule has 2 aromatic rings. The average Bonchev–Trinajstić information content (AvgIpc) is 3.35. The standard InChI is InChI=1S/C19H25N5O2/c1-13(15-4-3-14-5-10-26-17(14)11-15)23-6-8-24(9-7-23)18-12-16(21-22-18)19(25)20-2/h3-4,11-13H,5-10H2,1-2H3,(H,20,25)(H,21,22). The summed E-state index contributed by atoms with van der Waals surface area (Å²) >= 11 is 0. The predicted octanol–water partition coefficient (Wildman–Crippen LogP) is 1.59. The highest BCUT2D eigenvalue weighted by atomic mass is 16.5. The molecule has 0 radical (unpaired) electrons. The van der Waals surface area contributed by atoms with Gasteiger partial charge < -0.3 is 15.0 Å². The number of nitrogens with zero attached hydrogens (tertiary/aromatic N) is 3. The first-order valence-corrected chi connectivity index (χ1v) is 9.18. The third-order valence-electron chi connectivity index (χ3n) is 5.42. The van der Waals surface area contributed by atoms with Gasteiger partial charge in [-0.2, -0.15) is 5.10 Å². The number of ether oxygens (including phenoxy) is 1. The first-order chi connectivity index (χ1) is 12.7. The summed E-state index contributed by atoms with van der Waals surface area (Å²) in [5.74, 6) is 1.74. The summed E-state index contributed by atoms with van der Waals surface area (Å²) in [4.78, 5) is 16.4. The molecule has 1 amide bonds. The van der Waals surface area contributed by atoms with Crippen LogP contribution in [0.5, 0.6) is 5.75 Å². The molecule has 1 atom stereocenters. The van der Waals surface area contributed by atoms with E-state index in [0.29, 0.717) is 11.7 Å². The van der Waals surface area contributed by atoms with E-state index >= 15 is 0 Å². The lowest BCUT2D eigenvalue weighted by molar-refractivity contribution is 0.0958. The molecule has 3 heterocycles. The van der Waals surface area contributed by atoms with Crippen molar-refractivity contribution in [2.45, 2.75) is 19.4 Å². The molecule has 7 nitrogen and oxygen atoms in total. The molecule has 0 bridgehead atoms. The van der Waals surface area contributed by atoms with Crippen LogP contribution in [0, 0.1) is 0 Å². The number of anilines is 1. The number of benzene rings is 1. The quantitative estimate of drug-likeness (QED) is 0.871. The number of carbonyl (C=O) groups is 1. The van der Waals surface area contributed by atoms with Crippen LogP contribution < -0.4 is 15.0 Å². The first kappa shape index (κ1) is 16.9. The number of nitrogens with one attached hydrogen (secondary N) is 2. The monoisotopic (exact) mass is 355 g/mol. The molecule has 1 aromatic heterocycles. The minimum Gasteiger partial charge on any atom is -0.493 e. The first-order valence-electron chi connectivity index (χ1n) is 9.18. The molecule has 1 unspecified atom stereocenters. The average molecular weight is 355 g/mol. The number of carbonyl (C=O) groups excluding carboxylic acids is 1. The van der Waals surface area contributed by atoms with E-state index in [1.165, 1.54) is 11.1 Å². The summed E-state index contributed by atoms with van der Waals surface area (Å²) in [5.41, 5.74) is 3.12. The number of aromatic amines is 1. The SMILES string of the molecule is CNC(=O)c1cc(N2CCN(C(C)c3ccc4c(c3)OCC4)CC2)n[nH]1. The Morgan fingerprint density at radius 2 is 2.08 bits per heavy atom. The van der Waals surface area contributed by atoms with Gasteiger partial charge in [0.25, 0.3) is 5.91 Å². The molecule has 0 spiro atoms. The lowest BCUT2D eigenvalue weighted by Gasteiger charge is -2.38. The molecule has 2 aliphatic rings. The number of hydrogen-bond acceptors (Lipinski definition) is 5. The number of fused-ring (bicyclic) bond motifs is 1. The van der Waals surface area contributed by atoms with Gasteiger partial charge in [0.2, 0.25) is 0 Å². The van der Waals surface area contributed by atoms with E-state index in [0.717, 1.165) is 50.8 Å². The largest absolute Gasteiger partial charge is 0.493 e. The topological polar surface area (TPSA) is 73.5 Å². The Kier molecular flexibility index (Phi) is 4.55. The van der Waals surface area contributed by atoms with E-state index in [2.05, 4.69) is 50.4 Å². The number of rotatable bonds is 4. The summed E-state index contributed by atoms with van der Waals surface area (Å²) in [5, 5.41) is 9.70. The summed E-state index contributed by atoms with van der Waals surface area (Å²) in [6.45, 7) is 6.76. The Balaban J connectivity index is 1.38. The van der Waals surface area contributed by atoms with Gasteiger partial charge in [-0.3, -0.25) is 14.8 Å². The van der Waals surface area contributed by atoms with Gasteiger partial charge in [-0.15, -0.1) is 0 Å². The Hall–Kier alpha value is -2.54. The van der Waals surface area contributed by atoms with E-state index in [1.54, 1.807) is 7.05 Å². The van der Waals surface area contributed by atoms with Crippen molar-refractivity contribution in [1.29, 1.82) is 0 Å². The molecule has 4 rings (SSSR count). The number of aromatic nitrogens is 2. The highest BCUT2D eigenvalue weighted by Gasteiger charge is 2.25. The van der Waals surface area contributed by atoms with Gasteiger partial charge >= 0.3 is 0 Å². The summed E-state index contributed by atoms with van der Waals surface area (Å²) in [6, 6.07) is 8.80. The maximum absolute atomic E-state index is 11.7. The minimum absolute atomic E-state index is 0.144. The molecule has 1 saturated heterocycles. The maximum Gasteiger partial charge on any atom is 0.269 e. The van der Waals surface area contributed by atoms with Crippen LogP contribution in [0.15, 0.2) is 24.3 Å². The third-order valence-corrected chi connectivity index (χ3v) is 5.42. The second-order valence-electron chi connectivity index (χ2n) is 6.88. The van der Waals surface area contributed by atoms with Crippen molar-refractivity contribution in [2.24, 2.45) is 0 Å². The van der Waals surface area contributed by atoms with Crippen LogP contribution in [-0.2, 0) is 6.42 Å². The van der Waals surface area contributed by atoms with Crippen LogP contribution in [-0.4, -0.2) is 60.8 Å². The van der Waals surface area contributed by atoms with Crippen LogP contribution in [0.25, 0.3) is 0 Å². The molecule has 1 aromatic carbocycles. The van der Waals surface area contributed by atoms with Crippen molar-refractivity contribution in [3.8, 4) is 5.75 Å². The van der Waals surface area contributed by atoms with Crippen molar-refractivity contribution >= 4 is 11.7 Å². The predicted molar refractivity (Wildman–Crippen MR) is 99.8 cm³/mol. The fourth-order valence-corrected chi connectivity index (χ4v) is 3.72. The molecule has 0 aliphatic carbocycles. The number of hydrogen-bond donors (Lipinski definition) is 2. The highest BCUT2D eigenvalue weighted by molar-refractivity contribution is 5.92. The fraction of sp³-hybridized carbons (Fsp3) is 0.474. The molecule has 1 fully saturated rings. The van der Waals surface area contributed by atoms with E-state index in [4.69, 9.17) is 4.74 Å². The van der Waals surface area contributed by atoms with Crippen molar-refractivity contribution < 1.29 is 9.53 Å². The van der Waals surface area contributed by atoms with Crippen LogP contribution in [0.4, 0.5) is 5.82 Å². The third kappa shape index (κ3) is 3.14. The van der Waals surface area contributed by atoms with Crippen LogP contribution in [0.3, 0.4) is 0 Å². The normalized spacial score (nSPS) is 18.3. The second kappa shape index (κ2) is 6.99. The minimum atomic E-state index is -0.144. The summed E-state index contributed by atoms with van der Waals surface area (Å²) in [6.07, 6.45) is 1.02. The Bertz CT molecular complexity index is 795. The van der Waals surface area contributed by atoms with Gasteiger partial charge in [-0.05, 0) is 24.1 Å². The van der Waals surface area contributed by atoms with Crippen LogP contribution in [0.2, 0.25) is 0 Å². The maximum atomic E-state index is 11.7. The summed E-state index contributed by atoms with van der Waals surface area (Å²) < 4.78 is 5.71. The lowest BCUT2D eigenvalue weighted by atomic mass is 10.0. The summed E-state index contributed by atoms with van der Waals surface area (Å²) in [7, 11) is 1.62. The Labute approximate surface area is 153 Å². The van der Waals surface area contributed by atoms with Crippen molar-refractivity contribution in [1.82, 2.24) is 20.4 Å². The number of piperazine rings is 1. The van der Waals surface area contributed by atoms with E-state index < -0.39 is 0 Å². The van der Waals surface area contributed by atoms with Crippen LogP contribution >= 0.6 is 0 Å². The zero-order chi connectivity index (χ0) is 18.1. The number of amides is 1. The molecule has 0 saturated carbocycles. The second-order valence-corrected chi connectivity index (χ2v) is 6.88. The van der Waals surface area contributed by atoms with Crippen molar-refractivity contribution in [3.63, 3.8) is 0 Å². The van der Waals surface area contributed by atoms with E-state index in [1.807, 2.05) is 6.07 Å². The Morgan fingerprint density at radius 1 is 1.27 bits per heavy atom. The number of H-pyrrole nitrogens is 1. The smallest absolute Gasteiger partial charge is 0.269 e. The zero-order valence-corrected chi connectivity index (χ0v) is 15.3. The van der Waals surface area contributed by atoms with Crippen molar-refractivity contribution in [3.05, 3.63) is 41.1 Å². The lowest BCUT2D eigenvalue weighted by Crippen LogP contribution is -2.47. The molecule has 2 N–H and O–H groups in total. The molecule has 7 heteroatoms. The fourth-order valence-electron chi connectivity index (χ4n) is 3.72. The van der Waals surface area contributed by atoms with Crippen LogP contribution in [0.1, 0.15) is 34.6 Å². The van der Waals surface area contributed by atoms with Gasteiger partial charge in [-0.25, -0.2) is 0 Å². The van der Waals surface area contributed by atoms with Gasteiger partial charge in [0.15, 0.2) is 5.82 Å². The molecule has 26 heavy (non-hydrogen) atoms. The van der Waals surface area contributed by atoms with Gasteiger partial charge in [0.05, 0.1) is 6.61 Å². The van der Waals surface area contributed by atoms with E-state index in [-0.39, 0.29) is 5.91 Å².